The average molecular weight is 308 g/mol. The average Bonchev–Trinajstić information content (AvgIpc) is 2.50. The lowest BCUT2D eigenvalue weighted by atomic mass is 10.1. The van der Waals surface area contributed by atoms with Crippen LogP contribution in [0.3, 0.4) is 0 Å². The van der Waals surface area contributed by atoms with Gasteiger partial charge in [0.05, 0.1) is 12.4 Å². The van der Waals surface area contributed by atoms with Gasteiger partial charge in [-0.1, -0.05) is 0 Å². The molecule has 0 aliphatic carbocycles. The van der Waals surface area contributed by atoms with Crippen LogP contribution in [0.25, 0.3) is 0 Å². The predicted molar refractivity (Wildman–Crippen MR) is 87.0 cm³/mol. The Bertz CT molecular complexity index is 456. The van der Waals surface area contributed by atoms with Gasteiger partial charge in [-0.05, 0) is 64.2 Å². The number of hydrogen-bond acceptors (Lipinski definition) is 4. The molecule has 21 heavy (non-hydrogen) atoms. The van der Waals surface area contributed by atoms with Crippen molar-refractivity contribution >= 4 is 17.7 Å². The zero-order chi connectivity index (χ0) is 15.2. The Morgan fingerprint density at radius 1 is 1.33 bits per heavy atom. The lowest BCUT2D eigenvalue weighted by Gasteiger charge is -2.30. The number of carbonyl (C=O) groups is 1. The van der Waals surface area contributed by atoms with Crippen LogP contribution >= 0.6 is 11.8 Å². The van der Waals surface area contributed by atoms with Crippen LogP contribution in [0.4, 0.5) is 0 Å². The second-order valence-electron chi connectivity index (χ2n) is 5.52. The summed E-state index contributed by atoms with van der Waals surface area (Å²) in [5, 5.41) is 3.09. The van der Waals surface area contributed by atoms with Crippen LogP contribution in [0.15, 0.2) is 29.2 Å². The van der Waals surface area contributed by atoms with Crippen molar-refractivity contribution in [2.24, 2.45) is 0 Å². The van der Waals surface area contributed by atoms with E-state index in [1.165, 1.54) is 0 Å². The number of thioether (sulfide) groups is 1. The molecule has 1 aliphatic heterocycles. The molecule has 5 heteroatoms. The van der Waals surface area contributed by atoms with Crippen LogP contribution in [0, 0.1) is 0 Å². The molecule has 1 atom stereocenters. The van der Waals surface area contributed by atoms with E-state index in [0.29, 0.717) is 6.04 Å². The minimum absolute atomic E-state index is 0.0851. The number of amides is 1. The van der Waals surface area contributed by atoms with E-state index in [-0.39, 0.29) is 11.2 Å². The molecular formula is C16H24N2O2S. The summed E-state index contributed by atoms with van der Waals surface area (Å²) in [5.74, 6) is 0.966. The number of carbonyl (C=O) groups excluding carboxylic acids is 1. The number of hydrogen-bond donors (Lipinski definition) is 1. The summed E-state index contributed by atoms with van der Waals surface area (Å²) in [6.45, 7) is 4.08. The first-order chi connectivity index (χ1) is 10.1. The van der Waals surface area contributed by atoms with Crippen LogP contribution in [0.2, 0.25) is 0 Å². The van der Waals surface area contributed by atoms with Gasteiger partial charge >= 0.3 is 0 Å². The Hall–Kier alpha value is -1.20. The highest BCUT2D eigenvalue weighted by molar-refractivity contribution is 8.00. The number of nitrogens with one attached hydrogen (secondary N) is 1. The molecule has 1 heterocycles. The molecule has 0 radical (unpaired) electrons. The third-order valence-corrected chi connectivity index (χ3v) is 4.92. The van der Waals surface area contributed by atoms with Gasteiger partial charge in [0.2, 0.25) is 5.91 Å². The first-order valence-corrected chi connectivity index (χ1v) is 8.26. The fraction of sp³-hybridized carbons (Fsp3) is 0.562. The van der Waals surface area contributed by atoms with Crippen LogP contribution in [-0.2, 0) is 4.79 Å². The topological polar surface area (TPSA) is 41.6 Å². The van der Waals surface area contributed by atoms with Gasteiger partial charge in [0, 0.05) is 10.9 Å². The molecule has 1 aliphatic rings. The molecule has 1 N–H and O–H groups in total. The highest BCUT2D eigenvalue weighted by atomic mass is 32.2. The van der Waals surface area contributed by atoms with E-state index >= 15 is 0 Å². The first kappa shape index (κ1) is 16.2. The molecule has 1 saturated heterocycles. The summed E-state index contributed by atoms with van der Waals surface area (Å²) in [7, 11) is 3.78. The maximum atomic E-state index is 12.3. The van der Waals surface area contributed by atoms with Gasteiger partial charge in [0.25, 0.3) is 0 Å². The molecule has 116 valence electrons. The van der Waals surface area contributed by atoms with Crippen LogP contribution in [0.5, 0.6) is 5.75 Å². The molecule has 0 unspecified atom stereocenters. The van der Waals surface area contributed by atoms with Crippen LogP contribution in [0.1, 0.15) is 19.8 Å². The number of likely N-dealkylation sites (tertiary alicyclic amines) is 1. The van der Waals surface area contributed by atoms with Gasteiger partial charge in [-0.3, -0.25) is 4.79 Å². The van der Waals surface area contributed by atoms with Crippen molar-refractivity contribution in [3.05, 3.63) is 24.3 Å². The second-order valence-corrected chi connectivity index (χ2v) is 6.94. The standard InChI is InChI=1S/C16H24N2O2S/c1-12(21-15-6-4-14(20-3)5-7-15)16(19)17-13-8-10-18(2)11-9-13/h4-7,12-13H,8-11H2,1-3H3,(H,17,19)/t12-/m0/s1. The number of methoxy groups -OCH3 is 1. The third-order valence-electron chi connectivity index (χ3n) is 3.81. The molecule has 1 aromatic carbocycles. The molecule has 0 aromatic heterocycles. The van der Waals surface area contributed by atoms with Gasteiger partial charge in [-0.2, -0.15) is 0 Å². The maximum absolute atomic E-state index is 12.3. The summed E-state index contributed by atoms with van der Waals surface area (Å²) in [4.78, 5) is 15.6. The SMILES string of the molecule is COc1ccc(S[C@@H](C)C(=O)NC2CCN(C)CC2)cc1. The molecule has 1 fully saturated rings. The van der Waals surface area contributed by atoms with Crippen molar-refractivity contribution in [2.45, 2.75) is 36.0 Å². The Morgan fingerprint density at radius 3 is 2.52 bits per heavy atom. The fourth-order valence-corrected chi connectivity index (χ4v) is 3.26. The first-order valence-electron chi connectivity index (χ1n) is 7.38. The van der Waals surface area contributed by atoms with Gasteiger partial charge < -0.3 is 15.0 Å². The minimum atomic E-state index is -0.0851. The van der Waals surface area contributed by atoms with Crippen LogP contribution in [-0.4, -0.2) is 49.3 Å². The van der Waals surface area contributed by atoms with E-state index in [2.05, 4.69) is 17.3 Å². The number of rotatable bonds is 5. The molecule has 0 bridgehead atoms. The highest BCUT2D eigenvalue weighted by Crippen LogP contribution is 2.25. The third kappa shape index (κ3) is 4.93. The Balaban J connectivity index is 1.81. The van der Waals surface area contributed by atoms with Gasteiger partial charge in [0.1, 0.15) is 5.75 Å². The summed E-state index contributed by atoms with van der Waals surface area (Å²) in [6.07, 6.45) is 2.09. The summed E-state index contributed by atoms with van der Waals surface area (Å²) < 4.78 is 5.14. The van der Waals surface area contributed by atoms with E-state index in [1.54, 1.807) is 18.9 Å². The summed E-state index contributed by atoms with van der Waals surface area (Å²) in [5.41, 5.74) is 0. The normalized spacial score (nSPS) is 18.2. The molecule has 0 spiro atoms. The van der Waals surface area contributed by atoms with Crippen molar-refractivity contribution in [2.75, 3.05) is 27.2 Å². The van der Waals surface area contributed by atoms with E-state index < -0.39 is 0 Å². The molecular weight excluding hydrogens is 284 g/mol. The van der Waals surface area contributed by atoms with E-state index in [4.69, 9.17) is 4.74 Å². The largest absolute Gasteiger partial charge is 0.497 e. The zero-order valence-corrected chi connectivity index (χ0v) is 13.8. The Morgan fingerprint density at radius 2 is 1.95 bits per heavy atom. The number of ether oxygens (including phenoxy) is 1. The van der Waals surface area contributed by atoms with Crippen molar-refractivity contribution in [3.63, 3.8) is 0 Å². The molecule has 1 amide bonds. The van der Waals surface area contributed by atoms with Gasteiger partial charge in [-0.15, -0.1) is 11.8 Å². The van der Waals surface area contributed by atoms with Crippen molar-refractivity contribution in [3.8, 4) is 5.75 Å². The zero-order valence-electron chi connectivity index (χ0n) is 13.0. The van der Waals surface area contributed by atoms with E-state index in [9.17, 15) is 4.79 Å². The van der Waals surface area contributed by atoms with E-state index in [1.807, 2.05) is 31.2 Å². The summed E-state index contributed by atoms with van der Waals surface area (Å²) >= 11 is 1.58. The Kier molecular flexibility index (Phi) is 5.94. The van der Waals surface area contributed by atoms with Crippen molar-refractivity contribution in [1.82, 2.24) is 10.2 Å². The van der Waals surface area contributed by atoms with Gasteiger partial charge in [-0.25, -0.2) is 0 Å². The quantitative estimate of drug-likeness (QED) is 0.848. The van der Waals surface area contributed by atoms with Crippen LogP contribution < -0.4 is 10.1 Å². The fourth-order valence-electron chi connectivity index (χ4n) is 2.38. The summed E-state index contributed by atoms with van der Waals surface area (Å²) in [6, 6.07) is 8.15. The number of benzene rings is 1. The highest BCUT2D eigenvalue weighted by Gasteiger charge is 2.21. The predicted octanol–water partition coefficient (Wildman–Crippen LogP) is 2.39. The smallest absolute Gasteiger partial charge is 0.233 e. The molecule has 4 nitrogen and oxygen atoms in total. The van der Waals surface area contributed by atoms with Gasteiger partial charge in [0.15, 0.2) is 0 Å². The molecule has 1 aromatic rings. The van der Waals surface area contributed by atoms with E-state index in [0.717, 1.165) is 36.6 Å². The molecule has 2 rings (SSSR count). The second kappa shape index (κ2) is 7.71. The van der Waals surface area contributed by atoms with Crippen molar-refractivity contribution in [1.29, 1.82) is 0 Å². The molecule has 0 saturated carbocycles. The monoisotopic (exact) mass is 308 g/mol. The lowest BCUT2D eigenvalue weighted by molar-refractivity contribution is -0.121. The number of nitrogens with zero attached hydrogens (tertiary/aromatic N) is 1. The minimum Gasteiger partial charge on any atom is -0.497 e. The van der Waals surface area contributed by atoms with Crippen molar-refractivity contribution < 1.29 is 9.53 Å². The lowest BCUT2D eigenvalue weighted by Crippen LogP contribution is -2.45. The maximum Gasteiger partial charge on any atom is 0.233 e. The number of piperidine rings is 1. The Labute approximate surface area is 131 Å².